The van der Waals surface area contributed by atoms with Gasteiger partial charge in [0, 0.05) is 38.2 Å². The molecule has 1 aromatic heterocycles. The Morgan fingerprint density at radius 1 is 1.23 bits per heavy atom. The van der Waals surface area contributed by atoms with Gasteiger partial charge in [-0.25, -0.2) is 0 Å². The Morgan fingerprint density at radius 2 is 2.08 bits per heavy atom. The highest BCUT2D eigenvalue weighted by molar-refractivity contribution is 5.67. The smallest absolute Gasteiger partial charge is 0.299 e. The number of hydrogen-bond acceptors (Lipinski definition) is 7. The van der Waals surface area contributed by atoms with Crippen molar-refractivity contribution in [3.63, 3.8) is 0 Å². The average molecular weight is 358 g/mol. The first-order chi connectivity index (χ1) is 12.5. The molecule has 2 aromatic rings. The molecule has 2 heterocycles. The topological polar surface area (TPSA) is 112 Å². The molecule has 3 rings (SSSR count). The van der Waals surface area contributed by atoms with Crippen molar-refractivity contribution < 1.29 is 14.6 Å². The number of non-ortho nitro benzene ring substituents is 1. The zero-order chi connectivity index (χ0) is 18.5. The molecule has 9 heteroatoms. The highest BCUT2D eigenvalue weighted by atomic mass is 16.6. The quantitative estimate of drug-likeness (QED) is 0.552. The number of anilines is 1. The van der Waals surface area contributed by atoms with Gasteiger partial charge in [0.2, 0.25) is 0 Å². The van der Waals surface area contributed by atoms with E-state index in [0.717, 1.165) is 24.5 Å². The van der Waals surface area contributed by atoms with E-state index in [9.17, 15) is 20.2 Å². The highest BCUT2D eigenvalue weighted by Gasteiger charge is 2.27. The Labute approximate surface area is 149 Å². The average Bonchev–Trinajstić information content (AvgIpc) is 3.14. The van der Waals surface area contributed by atoms with Gasteiger partial charge in [-0.2, -0.15) is 0 Å². The number of benzene rings is 1. The highest BCUT2D eigenvalue weighted by Crippen LogP contribution is 2.33. The summed E-state index contributed by atoms with van der Waals surface area (Å²) in [7, 11) is 0. The fraction of sp³-hybridized carbons (Fsp3) is 0.353. The molecule has 1 unspecified atom stereocenters. The first kappa shape index (κ1) is 17.7. The van der Waals surface area contributed by atoms with Gasteiger partial charge in [0.15, 0.2) is 0 Å². The lowest BCUT2D eigenvalue weighted by Crippen LogP contribution is -2.32. The number of rotatable bonds is 7. The van der Waals surface area contributed by atoms with Crippen molar-refractivity contribution in [3.05, 3.63) is 68.5 Å². The van der Waals surface area contributed by atoms with Crippen molar-refractivity contribution >= 4 is 17.1 Å². The van der Waals surface area contributed by atoms with Crippen LogP contribution in [0.15, 0.2) is 42.7 Å². The summed E-state index contributed by atoms with van der Waals surface area (Å²) in [5, 5.41) is 22.5. The molecule has 0 saturated carbocycles. The van der Waals surface area contributed by atoms with Crippen LogP contribution in [0.5, 0.6) is 0 Å². The van der Waals surface area contributed by atoms with Gasteiger partial charge < -0.3 is 9.64 Å². The second-order valence-corrected chi connectivity index (χ2v) is 6.06. The normalized spacial score (nSPS) is 16.4. The van der Waals surface area contributed by atoms with Gasteiger partial charge in [-0.1, -0.05) is 6.07 Å². The minimum atomic E-state index is -0.637. The molecule has 0 amide bonds. The Bertz CT molecular complexity index is 793. The lowest BCUT2D eigenvalue weighted by atomic mass is 10.1. The van der Waals surface area contributed by atoms with Crippen LogP contribution >= 0.6 is 0 Å². The first-order valence-electron chi connectivity index (χ1n) is 8.23. The van der Waals surface area contributed by atoms with Gasteiger partial charge in [-0.15, -0.1) is 0 Å². The lowest BCUT2D eigenvalue weighted by Gasteiger charge is -2.27. The molecule has 0 spiro atoms. The van der Waals surface area contributed by atoms with Crippen molar-refractivity contribution in [1.82, 2.24) is 4.98 Å². The molecule has 1 saturated heterocycles. The van der Waals surface area contributed by atoms with Crippen LogP contribution in [0, 0.1) is 20.2 Å². The zero-order valence-corrected chi connectivity index (χ0v) is 14.0. The van der Waals surface area contributed by atoms with Gasteiger partial charge in [0.05, 0.1) is 22.0 Å². The molecule has 0 N–H and O–H groups in total. The molecule has 9 nitrogen and oxygen atoms in total. The SMILES string of the molecule is O=[N+]([O-])c1ccc(N(Cc2cccnc2)CC2CCCO2)c([N+](=O)[O-])c1. The molecule has 1 aliphatic heterocycles. The van der Waals surface area contributed by atoms with E-state index < -0.39 is 9.85 Å². The third-order valence-corrected chi connectivity index (χ3v) is 4.25. The number of nitro groups is 2. The maximum Gasteiger partial charge on any atom is 0.299 e. The third kappa shape index (κ3) is 4.12. The van der Waals surface area contributed by atoms with Crippen LogP contribution in [0.1, 0.15) is 18.4 Å². The molecule has 0 aliphatic carbocycles. The molecular weight excluding hydrogens is 340 g/mol. The number of nitrogens with zero attached hydrogens (tertiary/aromatic N) is 4. The van der Waals surface area contributed by atoms with Gasteiger partial charge in [-0.3, -0.25) is 25.2 Å². The van der Waals surface area contributed by atoms with Crippen LogP contribution in [0.25, 0.3) is 0 Å². The molecule has 1 aromatic carbocycles. The first-order valence-corrected chi connectivity index (χ1v) is 8.23. The second kappa shape index (κ2) is 7.87. The summed E-state index contributed by atoms with van der Waals surface area (Å²) in [6, 6.07) is 7.40. The van der Waals surface area contributed by atoms with Gasteiger partial charge in [0.25, 0.3) is 11.4 Å². The van der Waals surface area contributed by atoms with Crippen LogP contribution in [-0.4, -0.2) is 34.1 Å². The largest absolute Gasteiger partial charge is 0.376 e. The van der Waals surface area contributed by atoms with Crippen molar-refractivity contribution in [2.75, 3.05) is 18.1 Å². The number of aromatic nitrogens is 1. The minimum Gasteiger partial charge on any atom is -0.376 e. The summed E-state index contributed by atoms with van der Waals surface area (Å²) in [6.45, 7) is 1.54. The van der Waals surface area contributed by atoms with Crippen LogP contribution in [-0.2, 0) is 11.3 Å². The van der Waals surface area contributed by atoms with Crippen LogP contribution in [0.2, 0.25) is 0 Å². The predicted octanol–water partition coefficient (Wildman–Crippen LogP) is 3.08. The molecule has 0 radical (unpaired) electrons. The van der Waals surface area contributed by atoms with E-state index in [4.69, 9.17) is 4.74 Å². The lowest BCUT2D eigenvalue weighted by molar-refractivity contribution is -0.393. The fourth-order valence-corrected chi connectivity index (χ4v) is 3.03. The van der Waals surface area contributed by atoms with E-state index in [-0.39, 0.29) is 17.5 Å². The standard InChI is InChI=1S/C17H18N4O5/c22-20(23)14-5-6-16(17(9-14)21(24)25)19(12-15-4-2-8-26-15)11-13-3-1-7-18-10-13/h1,3,5-7,9-10,15H,2,4,8,11-12H2. The molecule has 1 atom stereocenters. The Kier molecular flexibility index (Phi) is 5.37. The van der Waals surface area contributed by atoms with Gasteiger partial charge in [0.1, 0.15) is 5.69 Å². The predicted molar refractivity (Wildman–Crippen MR) is 94.0 cm³/mol. The van der Waals surface area contributed by atoms with Gasteiger partial charge in [-0.05, 0) is 30.5 Å². The second-order valence-electron chi connectivity index (χ2n) is 6.06. The fourth-order valence-electron chi connectivity index (χ4n) is 3.03. The molecule has 1 aliphatic rings. The Balaban J connectivity index is 1.96. The van der Waals surface area contributed by atoms with E-state index in [1.165, 1.54) is 12.1 Å². The summed E-state index contributed by atoms with van der Waals surface area (Å²) in [5.74, 6) is 0. The van der Waals surface area contributed by atoms with Crippen LogP contribution in [0.4, 0.5) is 17.1 Å². The number of ether oxygens (including phenoxy) is 1. The Hall–Kier alpha value is -3.07. The summed E-state index contributed by atoms with van der Waals surface area (Å²) in [5.41, 5.74) is 0.623. The third-order valence-electron chi connectivity index (χ3n) is 4.25. The van der Waals surface area contributed by atoms with E-state index in [2.05, 4.69) is 4.98 Å². The Morgan fingerprint density at radius 3 is 2.69 bits per heavy atom. The molecule has 136 valence electrons. The van der Waals surface area contributed by atoms with Crippen molar-refractivity contribution in [2.24, 2.45) is 0 Å². The van der Waals surface area contributed by atoms with Crippen molar-refractivity contribution in [3.8, 4) is 0 Å². The van der Waals surface area contributed by atoms with Crippen LogP contribution < -0.4 is 4.90 Å². The number of hydrogen-bond donors (Lipinski definition) is 0. The molecule has 1 fully saturated rings. The number of pyridine rings is 1. The van der Waals surface area contributed by atoms with Crippen molar-refractivity contribution in [1.29, 1.82) is 0 Å². The maximum atomic E-state index is 11.5. The van der Waals surface area contributed by atoms with E-state index in [0.29, 0.717) is 25.4 Å². The molecule has 0 bridgehead atoms. The maximum absolute atomic E-state index is 11.5. The molecular formula is C17H18N4O5. The summed E-state index contributed by atoms with van der Waals surface area (Å²) in [4.78, 5) is 27.2. The number of nitro benzene ring substituents is 2. The van der Waals surface area contributed by atoms with Crippen molar-refractivity contribution in [2.45, 2.75) is 25.5 Å². The monoisotopic (exact) mass is 358 g/mol. The zero-order valence-electron chi connectivity index (χ0n) is 14.0. The summed E-state index contributed by atoms with van der Waals surface area (Å²) >= 11 is 0. The minimum absolute atomic E-state index is 0.0264. The van der Waals surface area contributed by atoms with Gasteiger partial charge >= 0.3 is 0 Å². The molecule has 26 heavy (non-hydrogen) atoms. The van der Waals surface area contributed by atoms with E-state index in [1.54, 1.807) is 18.5 Å². The summed E-state index contributed by atoms with van der Waals surface area (Å²) in [6.07, 6.45) is 5.15. The van der Waals surface area contributed by atoms with E-state index in [1.807, 2.05) is 11.0 Å². The van der Waals surface area contributed by atoms with Crippen LogP contribution in [0.3, 0.4) is 0 Å². The summed E-state index contributed by atoms with van der Waals surface area (Å²) < 4.78 is 5.67. The van der Waals surface area contributed by atoms with E-state index >= 15 is 0 Å².